The average Bonchev–Trinajstić information content (AvgIpc) is 3.57. The minimum Gasteiger partial charge on any atom is -0.481 e. The summed E-state index contributed by atoms with van der Waals surface area (Å²) in [6, 6.07) is 11.5. The van der Waals surface area contributed by atoms with Gasteiger partial charge >= 0.3 is 11.7 Å². The van der Waals surface area contributed by atoms with Crippen LogP contribution in [0, 0.1) is 11.8 Å². The van der Waals surface area contributed by atoms with Gasteiger partial charge in [0.2, 0.25) is 0 Å². The SMILES string of the molecule is CCCCc1cn(C2C(C)CCCC2C(=O)O)c(=O)n1Cc1cc(-c2cccc(-c3nnn[nH]3)c2)ccn1. The number of aryl methyl sites for hydroxylation is 1. The first kappa shape index (κ1) is 25.6. The molecule has 0 aliphatic heterocycles. The van der Waals surface area contributed by atoms with E-state index in [0.717, 1.165) is 60.2 Å². The van der Waals surface area contributed by atoms with Crippen LogP contribution >= 0.6 is 0 Å². The van der Waals surface area contributed by atoms with E-state index in [2.05, 4.69) is 39.5 Å². The van der Waals surface area contributed by atoms with Crippen molar-refractivity contribution in [2.45, 2.75) is 65.0 Å². The van der Waals surface area contributed by atoms with E-state index in [1.807, 2.05) is 42.6 Å². The van der Waals surface area contributed by atoms with Crippen molar-refractivity contribution < 1.29 is 9.90 Å². The van der Waals surface area contributed by atoms with E-state index < -0.39 is 11.9 Å². The van der Waals surface area contributed by atoms with Gasteiger partial charge in [0, 0.05) is 23.7 Å². The van der Waals surface area contributed by atoms with Crippen LogP contribution in [-0.2, 0) is 17.8 Å². The van der Waals surface area contributed by atoms with Gasteiger partial charge in [-0.25, -0.2) is 9.89 Å². The number of carbonyl (C=O) groups is 1. The van der Waals surface area contributed by atoms with Crippen LogP contribution in [-0.4, -0.2) is 45.8 Å². The maximum atomic E-state index is 13.8. The monoisotopic (exact) mass is 515 g/mol. The Morgan fingerprint density at radius 1 is 1.16 bits per heavy atom. The van der Waals surface area contributed by atoms with Gasteiger partial charge in [-0.3, -0.25) is 18.9 Å². The van der Waals surface area contributed by atoms with Gasteiger partial charge in [-0.05, 0) is 71.4 Å². The minimum absolute atomic E-state index is 0.116. The number of tetrazole rings is 1. The second-order valence-electron chi connectivity index (χ2n) is 10.2. The second-order valence-corrected chi connectivity index (χ2v) is 10.2. The smallest absolute Gasteiger partial charge is 0.328 e. The van der Waals surface area contributed by atoms with Crippen LogP contribution in [0.1, 0.15) is 63.4 Å². The average molecular weight is 516 g/mol. The number of aromatic amines is 1. The Hall–Kier alpha value is -4.08. The van der Waals surface area contributed by atoms with Crippen molar-refractivity contribution >= 4 is 5.97 Å². The van der Waals surface area contributed by atoms with Gasteiger partial charge in [0.05, 0.1) is 24.2 Å². The van der Waals surface area contributed by atoms with Crippen LogP contribution in [0.15, 0.2) is 53.6 Å². The van der Waals surface area contributed by atoms with Gasteiger partial charge in [-0.2, -0.15) is 0 Å². The van der Waals surface area contributed by atoms with Crippen molar-refractivity contribution in [1.82, 2.24) is 34.7 Å². The first-order valence-corrected chi connectivity index (χ1v) is 13.3. The zero-order valence-corrected chi connectivity index (χ0v) is 21.7. The topological polar surface area (TPSA) is 132 Å². The lowest BCUT2D eigenvalue weighted by Gasteiger charge is -2.34. The van der Waals surface area contributed by atoms with Gasteiger partial charge in [0.15, 0.2) is 5.82 Å². The molecule has 0 saturated heterocycles. The molecule has 0 amide bonds. The highest BCUT2D eigenvalue weighted by molar-refractivity contribution is 5.71. The second kappa shape index (κ2) is 11.1. The summed E-state index contributed by atoms with van der Waals surface area (Å²) in [6.07, 6.45) is 8.75. The highest BCUT2D eigenvalue weighted by Crippen LogP contribution is 2.38. The fourth-order valence-electron chi connectivity index (χ4n) is 5.66. The molecule has 4 aromatic rings. The number of H-pyrrole nitrogens is 1. The van der Waals surface area contributed by atoms with Gasteiger partial charge in [0.25, 0.3) is 0 Å². The van der Waals surface area contributed by atoms with E-state index in [1.54, 1.807) is 15.3 Å². The molecule has 0 bridgehead atoms. The zero-order chi connectivity index (χ0) is 26.6. The summed E-state index contributed by atoms with van der Waals surface area (Å²) in [6.45, 7) is 4.50. The number of nitrogens with one attached hydrogen (secondary N) is 1. The number of benzene rings is 1. The fraction of sp³-hybridized carbons (Fsp3) is 0.429. The molecule has 2 N–H and O–H groups in total. The molecule has 1 aliphatic carbocycles. The Labute approximate surface area is 220 Å². The number of rotatable bonds is 9. The van der Waals surface area contributed by atoms with Gasteiger partial charge in [0.1, 0.15) is 0 Å². The molecule has 3 unspecified atom stereocenters. The molecule has 1 aromatic carbocycles. The molecule has 3 heterocycles. The van der Waals surface area contributed by atoms with Crippen LogP contribution in [0.2, 0.25) is 0 Å². The number of pyridine rings is 1. The number of carboxylic acid groups (broad SMARTS) is 1. The summed E-state index contributed by atoms with van der Waals surface area (Å²) in [4.78, 5) is 30.4. The molecule has 3 atom stereocenters. The van der Waals surface area contributed by atoms with E-state index in [4.69, 9.17) is 0 Å². The molecule has 1 fully saturated rings. The molecule has 3 aromatic heterocycles. The predicted molar refractivity (Wildman–Crippen MR) is 142 cm³/mol. The van der Waals surface area contributed by atoms with Crippen LogP contribution in [0.5, 0.6) is 0 Å². The fourth-order valence-corrected chi connectivity index (χ4v) is 5.66. The third-order valence-corrected chi connectivity index (χ3v) is 7.63. The zero-order valence-electron chi connectivity index (χ0n) is 21.7. The minimum atomic E-state index is -0.825. The summed E-state index contributed by atoms with van der Waals surface area (Å²) < 4.78 is 3.48. The molecule has 10 nitrogen and oxygen atoms in total. The van der Waals surface area contributed by atoms with E-state index in [-0.39, 0.29) is 17.6 Å². The standard InChI is InChI=1S/C28H33N7O3/c1-3-4-10-23-17-35(25-18(2)7-5-11-24(25)27(36)37)28(38)34(23)16-22-15-20(12-13-29-22)19-8-6-9-21(14-19)26-30-32-33-31-26/h6,8-9,12-15,17-18,24-25H,3-5,7,10-11,16H2,1-2H3,(H,36,37)(H,30,31,32,33). The molecule has 1 saturated carbocycles. The first-order valence-electron chi connectivity index (χ1n) is 13.3. The van der Waals surface area contributed by atoms with Gasteiger partial charge in [-0.15, -0.1) is 5.10 Å². The number of hydrogen-bond donors (Lipinski definition) is 2. The van der Waals surface area contributed by atoms with Crippen molar-refractivity contribution in [2.75, 3.05) is 0 Å². The molecule has 1 aliphatic rings. The summed E-state index contributed by atoms with van der Waals surface area (Å²) in [7, 11) is 0. The Morgan fingerprint density at radius 3 is 2.74 bits per heavy atom. The molecular weight excluding hydrogens is 482 g/mol. The van der Waals surface area contributed by atoms with Crippen LogP contribution in [0.3, 0.4) is 0 Å². The van der Waals surface area contributed by atoms with Crippen molar-refractivity contribution in [2.24, 2.45) is 11.8 Å². The normalized spacial score (nSPS) is 19.5. The van der Waals surface area contributed by atoms with Crippen molar-refractivity contribution in [3.8, 4) is 22.5 Å². The molecule has 0 radical (unpaired) electrons. The summed E-state index contributed by atoms with van der Waals surface area (Å²) in [5.74, 6) is -0.675. The van der Waals surface area contributed by atoms with E-state index in [1.165, 1.54) is 0 Å². The highest BCUT2D eigenvalue weighted by Gasteiger charge is 2.38. The third-order valence-electron chi connectivity index (χ3n) is 7.63. The van der Waals surface area contributed by atoms with E-state index >= 15 is 0 Å². The molecule has 198 valence electrons. The number of imidazole rings is 1. The Bertz CT molecular complexity index is 1460. The molecule has 38 heavy (non-hydrogen) atoms. The first-order chi connectivity index (χ1) is 18.5. The van der Waals surface area contributed by atoms with Crippen LogP contribution in [0.25, 0.3) is 22.5 Å². The molecular formula is C28H33N7O3. The number of unbranched alkanes of at least 4 members (excludes halogenated alkanes) is 1. The third kappa shape index (κ3) is 5.16. The Kier molecular flexibility index (Phi) is 7.48. The predicted octanol–water partition coefficient (Wildman–Crippen LogP) is 4.34. The quantitative estimate of drug-likeness (QED) is 0.339. The number of aromatic nitrogens is 7. The largest absolute Gasteiger partial charge is 0.481 e. The summed E-state index contributed by atoms with van der Waals surface area (Å²) >= 11 is 0. The lowest BCUT2D eigenvalue weighted by atomic mass is 9.77. The number of carboxylic acids is 1. The number of hydrogen-bond acceptors (Lipinski definition) is 6. The van der Waals surface area contributed by atoms with Crippen molar-refractivity contribution in [3.63, 3.8) is 0 Å². The van der Waals surface area contributed by atoms with Crippen molar-refractivity contribution in [3.05, 3.63) is 70.7 Å². The maximum absolute atomic E-state index is 13.8. The van der Waals surface area contributed by atoms with Crippen LogP contribution in [0.4, 0.5) is 0 Å². The van der Waals surface area contributed by atoms with Crippen molar-refractivity contribution in [1.29, 1.82) is 0 Å². The maximum Gasteiger partial charge on any atom is 0.328 e. The number of aliphatic carboxylic acids is 1. The summed E-state index contributed by atoms with van der Waals surface area (Å²) in [5.41, 5.74) is 4.35. The van der Waals surface area contributed by atoms with E-state index in [9.17, 15) is 14.7 Å². The van der Waals surface area contributed by atoms with Gasteiger partial charge in [-0.1, -0.05) is 44.9 Å². The summed E-state index contributed by atoms with van der Waals surface area (Å²) in [5, 5.41) is 24.0. The van der Waals surface area contributed by atoms with Crippen LogP contribution < -0.4 is 5.69 Å². The lowest BCUT2D eigenvalue weighted by Crippen LogP contribution is -2.39. The number of nitrogens with zero attached hydrogens (tertiary/aromatic N) is 6. The highest BCUT2D eigenvalue weighted by atomic mass is 16.4. The van der Waals surface area contributed by atoms with Gasteiger partial charge < -0.3 is 5.11 Å². The molecule has 5 rings (SSSR count). The lowest BCUT2D eigenvalue weighted by molar-refractivity contribution is -0.145. The Morgan fingerprint density at radius 2 is 1.97 bits per heavy atom. The molecule has 0 spiro atoms. The van der Waals surface area contributed by atoms with E-state index in [0.29, 0.717) is 18.8 Å². The Balaban J connectivity index is 1.49. The molecule has 10 heteroatoms.